The summed E-state index contributed by atoms with van der Waals surface area (Å²) in [6.45, 7) is 2.05. The van der Waals surface area contributed by atoms with Crippen molar-refractivity contribution in [2.45, 2.75) is 6.92 Å². The SMILES string of the molecule is COS(=O)(=O)[O-].Cc1cs/c(=N\N=C\c2n(C)cc[n+]2C)n1C. The van der Waals surface area contributed by atoms with Crippen LogP contribution in [0.1, 0.15) is 11.5 Å². The molecule has 23 heavy (non-hydrogen) atoms. The smallest absolute Gasteiger partial charge is 0.301 e. The van der Waals surface area contributed by atoms with Crippen LogP contribution >= 0.6 is 11.3 Å². The van der Waals surface area contributed by atoms with Crippen LogP contribution in [0.2, 0.25) is 0 Å². The average Bonchev–Trinajstić information content (AvgIpc) is 2.97. The zero-order valence-corrected chi connectivity index (χ0v) is 15.1. The molecule has 9 nitrogen and oxygen atoms in total. The van der Waals surface area contributed by atoms with E-state index in [0.29, 0.717) is 0 Å². The van der Waals surface area contributed by atoms with Crippen molar-refractivity contribution in [1.82, 2.24) is 9.13 Å². The number of aryl methyl sites for hydroxylation is 3. The molecular weight excluding hydrogens is 342 g/mol. The third-order valence-corrected chi connectivity index (χ3v) is 4.34. The Kier molecular flexibility index (Phi) is 6.81. The number of hydrogen-bond acceptors (Lipinski definition) is 7. The lowest BCUT2D eigenvalue weighted by molar-refractivity contribution is -0.671. The molecule has 0 aliphatic carbocycles. The molecule has 0 saturated heterocycles. The Labute approximate surface area is 138 Å². The lowest BCUT2D eigenvalue weighted by atomic mass is 10.6. The Morgan fingerprint density at radius 3 is 2.43 bits per heavy atom. The first-order valence-corrected chi connectivity index (χ1v) is 8.57. The molecule has 0 spiro atoms. The van der Waals surface area contributed by atoms with Crippen LogP contribution in [-0.4, -0.2) is 35.4 Å². The molecule has 128 valence electrons. The van der Waals surface area contributed by atoms with Crippen molar-refractivity contribution in [2.24, 2.45) is 31.3 Å². The van der Waals surface area contributed by atoms with Crippen LogP contribution in [-0.2, 0) is 35.7 Å². The van der Waals surface area contributed by atoms with Gasteiger partial charge in [0.05, 0.1) is 21.2 Å². The van der Waals surface area contributed by atoms with Crippen LogP contribution in [0.15, 0.2) is 28.0 Å². The third kappa shape index (κ3) is 6.06. The molecule has 2 aromatic heterocycles. The second-order valence-electron chi connectivity index (χ2n) is 4.52. The minimum atomic E-state index is -4.41. The van der Waals surface area contributed by atoms with Gasteiger partial charge in [-0.2, -0.15) is 0 Å². The van der Waals surface area contributed by atoms with Gasteiger partial charge in [-0.1, -0.05) is 0 Å². The summed E-state index contributed by atoms with van der Waals surface area (Å²) in [5.74, 6) is 1.00. The molecule has 0 amide bonds. The van der Waals surface area contributed by atoms with E-state index in [0.717, 1.165) is 17.7 Å². The van der Waals surface area contributed by atoms with E-state index < -0.39 is 10.4 Å². The number of imidazole rings is 1. The van der Waals surface area contributed by atoms with E-state index in [1.54, 1.807) is 17.6 Å². The molecule has 0 bridgehead atoms. The number of nitrogens with zero attached hydrogens (tertiary/aromatic N) is 5. The summed E-state index contributed by atoms with van der Waals surface area (Å²) in [4.78, 5) is 0.899. The molecule has 0 atom stereocenters. The van der Waals surface area contributed by atoms with E-state index in [1.807, 2.05) is 47.2 Å². The summed E-state index contributed by atoms with van der Waals surface area (Å²) in [6.07, 6.45) is 5.72. The van der Waals surface area contributed by atoms with Gasteiger partial charge in [0.2, 0.25) is 15.2 Å². The molecule has 2 rings (SSSR count). The standard InChI is InChI=1S/C11H16N5S.CH4O4S/c1-9-8-17-11(16(9)4)13-12-7-10-14(2)5-6-15(10)3;1-5-6(2,3)4/h5-8H,1-4H3;1H3,(H,2,3,4)/q+1;/p-1. The molecular formula is C12H19N5O4S2. The summed E-state index contributed by atoms with van der Waals surface area (Å²) in [7, 11) is 2.35. The molecule has 0 unspecified atom stereocenters. The second-order valence-corrected chi connectivity index (χ2v) is 6.50. The number of thiazole rings is 1. The fourth-order valence-electron chi connectivity index (χ4n) is 1.45. The van der Waals surface area contributed by atoms with Crippen LogP contribution in [0.3, 0.4) is 0 Å². The summed E-state index contributed by atoms with van der Waals surface area (Å²) >= 11 is 1.59. The fourth-order valence-corrected chi connectivity index (χ4v) is 2.28. The van der Waals surface area contributed by atoms with Crippen molar-refractivity contribution in [2.75, 3.05) is 7.11 Å². The fraction of sp³-hybridized carbons (Fsp3) is 0.417. The first-order valence-electron chi connectivity index (χ1n) is 6.36. The second kappa shape index (κ2) is 8.15. The van der Waals surface area contributed by atoms with Gasteiger partial charge < -0.3 is 9.12 Å². The molecule has 2 heterocycles. The molecule has 0 aliphatic rings. The summed E-state index contributed by atoms with van der Waals surface area (Å²) in [5, 5.41) is 10.4. The van der Waals surface area contributed by atoms with Crippen LogP contribution in [0, 0.1) is 6.92 Å². The van der Waals surface area contributed by atoms with Gasteiger partial charge in [0, 0.05) is 18.1 Å². The lowest BCUT2D eigenvalue weighted by Crippen LogP contribution is -2.31. The highest BCUT2D eigenvalue weighted by molar-refractivity contribution is 7.80. The van der Waals surface area contributed by atoms with Crippen LogP contribution < -0.4 is 9.37 Å². The zero-order valence-electron chi connectivity index (χ0n) is 13.5. The predicted octanol–water partition coefficient (Wildman–Crippen LogP) is -0.414. The minimum absolute atomic E-state index is 0.808. The third-order valence-electron chi connectivity index (χ3n) is 2.91. The molecule has 0 N–H and O–H groups in total. The zero-order chi connectivity index (χ0) is 17.6. The topological polar surface area (TPSA) is 105 Å². The largest absolute Gasteiger partial charge is 0.726 e. The van der Waals surface area contributed by atoms with Gasteiger partial charge in [-0.3, -0.25) is 4.18 Å². The van der Waals surface area contributed by atoms with Crippen molar-refractivity contribution in [3.8, 4) is 0 Å². The predicted molar refractivity (Wildman–Crippen MR) is 84.5 cm³/mol. The maximum Gasteiger partial charge on any atom is 0.301 e. The van der Waals surface area contributed by atoms with Crippen molar-refractivity contribution in [1.29, 1.82) is 0 Å². The number of hydrogen-bond donors (Lipinski definition) is 0. The van der Waals surface area contributed by atoms with Gasteiger partial charge in [0.25, 0.3) is 0 Å². The highest BCUT2D eigenvalue weighted by atomic mass is 32.3. The summed E-state index contributed by atoms with van der Waals surface area (Å²) < 4.78 is 37.0. The maximum absolute atomic E-state index is 9.22. The van der Waals surface area contributed by atoms with Crippen molar-refractivity contribution >= 4 is 28.0 Å². The van der Waals surface area contributed by atoms with Crippen molar-refractivity contribution in [3.63, 3.8) is 0 Å². The van der Waals surface area contributed by atoms with Gasteiger partial charge in [0.15, 0.2) is 0 Å². The molecule has 0 saturated carbocycles. The van der Waals surface area contributed by atoms with Gasteiger partial charge in [-0.05, 0) is 6.92 Å². The maximum atomic E-state index is 9.22. The van der Waals surface area contributed by atoms with E-state index in [-0.39, 0.29) is 0 Å². The molecule has 0 radical (unpaired) electrons. The number of rotatable bonds is 3. The summed E-state index contributed by atoms with van der Waals surface area (Å²) in [5.41, 5.74) is 1.19. The first-order chi connectivity index (χ1) is 10.7. The lowest BCUT2D eigenvalue weighted by Gasteiger charge is -1.98. The van der Waals surface area contributed by atoms with Crippen molar-refractivity contribution in [3.05, 3.63) is 34.1 Å². The molecule has 0 fully saturated rings. The molecule has 0 aromatic carbocycles. The Bertz CT molecular complexity index is 826. The van der Waals surface area contributed by atoms with E-state index in [9.17, 15) is 13.0 Å². The molecule has 0 aliphatic heterocycles. The van der Waals surface area contributed by atoms with Crippen LogP contribution in [0.4, 0.5) is 0 Å². The van der Waals surface area contributed by atoms with Crippen LogP contribution in [0.5, 0.6) is 0 Å². The van der Waals surface area contributed by atoms with Gasteiger partial charge in [-0.25, -0.2) is 17.6 Å². The van der Waals surface area contributed by atoms with Crippen molar-refractivity contribution < 1.29 is 21.7 Å². The summed E-state index contributed by atoms with van der Waals surface area (Å²) in [6, 6.07) is 0. The average molecular weight is 361 g/mol. The first kappa shape index (κ1) is 19.2. The van der Waals surface area contributed by atoms with Gasteiger partial charge in [-0.15, -0.1) is 21.5 Å². The number of aromatic nitrogens is 3. The quantitative estimate of drug-likeness (QED) is 0.243. The highest BCUT2D eigenvalue weighted by Gasteiger charge is 2.06. The monoisotopic (exact) mass is 361 g/mol. The van der Waals surface area contributed by atoms with E-state index in [2.05, 4.69) is 26.7 Å². The highest BCUT2D eigenvalue weighted by Crippen LogP contribution is 1.96. The molecule has 2 aromatic rings. The van der Waals surface area contributed by atoms with Crippen LogP contribution in [0.25, 0.3) is 0 Å². The van der Waals surface area contributed by atoms with E-state index in [4.69, 9.17) is 0 Å². The Hall–Kier alpha value is -1.82. The molecule has 11 heteroatoms. The Morgan fingerprint density at radius 2 is 2.04 bits per heavy atom. The Morgan fingerprint density at radius 1 is 1.43 bits per heavy atom. The van der Waals surface area contributed by atoms with E-state index in [1.165, 1.54) is 5.69 Å². The normalized spacial score (nSPS) is 12.5. The van der Waals surface area contributed by atoms with Gasteiger partial charge >= 0.3 is 5.82 Å². The minimum Gasteiger partial charge on any atom is -0.726 e. The Balaban J connectivity index is 0.000000379. The van der Waals surface area contributed by atoms with E-state index >= 15 is 0 Å². The van der Waals surface area contributed by atoms with Gasteiger partial charge in [0.1, 0.15) is 18.6 Å².